The van der Waals surface area contributed by atoms with Gasteiger partial charge in [-0.2, -0.15) is 0 Å². The Morgan fingerprint density at radius 2 is 2.09 bits per heavy atom. The standard InChI is InChI=1S/C18H22BrNO2/c1-4-5-16-14(12(2)3)6-7-20(16)10-13-8-17-18(9-15(13)19)22-11-21-17/h4,8-9,16H,1,5-7,10-11H2,2-3H3. The lowest BCUT2D eigenvalue weighted by Crippen LogP contribution is -2.29. The molecule has 2 heterocycles. The number of hydrogen-bond donors (Lipinski definition) is 0. The van der Waals surface area contributed by atoms with Gasteiger partial charge in [0, 0.05) is 23.6 Å². The lowest BCUT2D eigenvalue weighted by Gasteiger charge is -2.25. The average molecular weight is 364 g/mol. The molecule has 0 radical (unpaired) electrons. The highest BCUT2D eigenvalue weighted by Crippen LogP contribution is 2.38. The minimum atomic E-state index is 0.315. The van der Waals surface area contributed by atoms with E-state index in [1.165, 1.54) is 11.1 Å². The van der Waals surface area contributed by atoms with Crippen LogP contribution >= 0.6 is 15.9 Å². The first-order chi connectivity index (χ1) is 10.6. The molecule has 1 saturated heterocycles. The SMILES string of the molecule is C=CCC1C(=C(C)C)CCN1Cc1cc2c(cc1Br)OCO2. The van der Waals surface area contributed by atoms with Crippen LogP contribution in [-0.2, 0) is 6.54 Å². The molecule has 0 aromatic heterocycles. The Morgan fingerprint density at radius 3 is 2.77 bits per heavy atom. The van der Waals surface area contributed by atoms with E-state index in [0.29, 0.717) is 12.8 Å². The first-order valence-corrected chi connectivity index (χ1v) is 8.48. The summed E-state index contributed by atoms with van der Waals surface area (Å²) in [4.78, 5) is 2.53. The lowest BCUT2D eigenvalue weighted by molar-refractivity contribution is 0.174. The van der Waals surface area contributed by atoms with Crippen LogP contribution in [0.25, 0.3) is 0 Å². The Balaban J connectivity index is 1.83. The molecule has 0 N–H and O–H groups in total. The molecule has 0 saturated carbocycles. The van der Waals surface area contributed by atoms with E-state index in [0.717, 1.165) is 41.9 Å². The monoisotopic (exact) mass is 363 g/mol. The summed E-state index contributed by atoms with van der Waals surface area (Å²) < 4.78 is 12.0. The fraction of sp³-hybridized carbons (Fsp3) is 0.444. The van der Waals surface area contributed by atoms with E-state index in [2.05, 4.69) is 47.3 Å². The molecular weight excluding hydrogens is 342 g/mol. The summed E-state index contributed by atoms with van der Waals surface area (Å²) in [5.41, 5.74) is 4.25. The molecule has 0 aliphatic carbocycles. The van der Waals surface area contributed by atoms with E-state index in [1.807, 2.05) is 12.1 Å². The Labute approximate surface area is 140 Å². The molecule has 1 aromatic carbocycles. The third kappa shape index (κ3) is 2.95. The highest BCUT2D eigenvalue weighted by molar-refractivity contribution is 9.10. The molecule has 1 aromatic rings. The van der Waals surface area contributed by atoms with Crippen LogP contribution in [0.4, 0.5) is 0 Å². The zero-order valence-electron chi connectivity index (χ0n) is 13.2. The maximum absolute atomic E-state index is 5.51. The van der Waals surface area contributed by atoms with Crippen molar-refractivity contribution < 1.29 is 9.47 Å². The van der Waals surface area contributed by atoms with Gasteiger partial charge in [-0.25, -0.2) is 0 Å². The number of nitrogens with zero attached hydrogens (tertiary/aromatic N) is 1. The van der Waals surface area contributed by atoms with Crippen LogP contribution in [0.1, 0.15) is 32.3 Å². The molecule has 4 heteroatoms. The fourth-order valence-corrected chi connectivity index (χ4v) is 3.78. The fourth-order valence-electron chi connectivity index (χ4n) is 3.33. The van der Waals surface area contributed by atoms with Gasteiger partial charge in [-0.05, 0) is 44.4 Å². The molecule has 118 valence electrons. The summed E-state index contributed by atoms with van der Waals surface area (Å²) in [6, 6.07) is 4.58. The normalized spacial score (nSPS) is 20.5. The highest BCUT2D eigenvalue weighted by atomic mass is 79.9. The van der Waals surface area contributed by atoms with E-state index in [1.54, 1.807) is 5.57 Å². The molecular formula is C18H22BrNO2. The molecule has 0 bridgehead atoms. The molecule has 2 aliphatic rings. The van der Waals surface area contributed by atoms with Crippen molar-refractivity contribution in [2.24, 2.45) is 0 Å². The number of benzene rings is 1. The smallest absolute Gasteiger partial charge is 0.231 e. The third-order valence-corrected chi connectivity index (χ3v) is 5.20. The number of likely N-dealkylation sites (tertiary alicyclic amines) is 1. The van der Waals surface area contributed by atoms with Crippen LogP contribution in [0.15, 0.2) is 40.4 Å². The van der Waals surface area contributed by atoms with E-state index < -0.39 is 0 Å². The van der Waals surface area contributed by atoms with Crippen LogP contribution in [0.2, 0.25) is 0 Å². The number of hydrogen-bond acceptors (Lipinski definition) is 3. The summed E-state index contributed by atoms with van der Waals surface area (Å²) in [6.07, 6.45) is 4.19. The number of fused-ring (bicyclic) bond motifs is 1. The van der Waals surface area contributed by atoms with E-state index >= 15 is 0 Å². The molecule has 0 amide bonds. The second-order valence-corrected chi connectivity index (χ2v) is 6.94. The van der Waals surface area contributed by atoms with Gasteiger partial charge in [0.15, 0.2) is 11.5 Å². The zero-order chi connectivity index (χ0) is 15.7. The predicted octanol–water partition coefficient (Wildman–Crippen LogP) is 4.66. The zero-order valence-corrected chi connectivity index (χ0v) is 14.8. The maximum atomic E-state index is 5.51. The van der Waals surface area contributed by atoms with Crippen molar-refractivity contribution in [3.8, 4) is 11.5 Å². The van der Waals surface area contributed by atoms with Gasteiger partial charge in [-0.3, -0.25) is 4.90 Å². The molecule has 3 rings (SSSR count). The molecule has 2 aliphatic heterocycles. The van der Waals surface area contributed by atoms with Gasteiger partial charge in [0.25, 0.3) is 0 Å². The Morgan fingerprint density at radius 1 is 1.36 bits per heavy atom. The quantitative estimate of drug-likeness (QED) is 0.725. The molecule has 1 fully saturated rings. The van der Waals surface area contributed by atoms with E-state index in [-0.39, 0.29) is 0 Å². The largest absolute Gasteiger partial charge is 0.454 e. The van der Waals surface area contributed by atoms with E-state index in [9.17, 15) is 0 Å². The van der Waals surface area contributed by atoms with Crippen molar-refractivity contribution in [2.45, 2.75) is 39.3 Å². The molecule has 1 unspecified atom stereocenters. The highest BCUT2D eigenvalue weighted by Gasteiger charge is 2.29. The lowest BCUT2D eigenvalue weighted by atomic mass is 10.00. The molecule has 1 atom stereocenters. The minimum absolute atomic E-state index is 0.315. The topological polar surface area (TPSA) is 21.7 Å². The van der Waals surface area contributed by atoms with Gasteiger partial charge in [-0.1, -0.05) is 33.2 Å². The predicted molar refractivity (Wildman–Crippen MR) is 92.3 cm³/mol. The van der Waals surface area contributed by atoms with Crippen LogP contribution in [0, 0.1) is 0 Å². The minimum Gasteiger partial charge on any atom is -0.454 e. The summed E-state index contributed by atoms with van der Waals surface area (Å²) >= 11 is 3.67. The Hall–Kier alpha value is -1.26. The summed E-state index contributed by atoms with van der Waals surface area (Å²) in [7, 11) is 0. The average Bonchev–Trinajstić information content (AvgIpc) is 3.07. The number of halogens is 1. The van der Waals surface area contributed by atoms with Crippen LogP contribution in [0.3, 0.4) is 0 Å². The van der Waals surface area contributed by atoms with Crippen molar-refractivity contribution >= 4 is 15.9 Å². The maximum Gasteiger partial charge on any atom is 0.231 e. The first-order valence-electron chi connectivity index (χ1n) is 7.69. The number of ether oxygens (including phenoxy) is 2. The van der Waals surface area contributed by atoms with Gasteiger partial charge in [0.2, 0.25) is 6.79 Å². The molecule has 3 nitrogen and oxygen atoms in total. The summed E-state index contributed by atoms with van der Waals surface area (Å²) in [6.45, 7) is 10.7. The van der Waals surface area contributed by atoms with Crippen LogP contribution in [-0.4, -0.2) is 24.3 Å². The van der Waals surface area contributed by atoms with Gasteiger partial charge in [0.05, 0.1) is 0 Å². The van der Waals surface area contributed by atoms with Gasteiger partial charge in [0.1, 0.15) is 0 Å². The van der Waals surface area contributed by atoms with E-state index in [4.69, 9.17) is 9.47 Å². The number of rotatable bonds is 4. The van der Waals surface area contributed by atoms with Gasteiger partial charge < -0.3 is 9.47 Å². The van der Waals surface area contributed by atoms with Crippen molar-refractivity contribution in [3.63, 3.8) is 0 Å². The van der Waals surface area contributed by atoms with Crippen LogP contribution < -0.4 is 9.47 Å². The van der Waals surface area contributed by atoms with Crippen molar-refractivity contribution in [1.29, 1.82) is 0 Å². The van der Waals surface area contributed by atoms with Crippen molar-refractivity contribution in [1.82, 2.24) is 4.90 Å². The van der Waals surface area contributed by atoms with Crippen molar-refractivity contribution in [2.75, 3.05) is 13.3 Å². The first kappa shape index (κ1) is 15.6. The van der Waals surface area contributed by atoms with Crippen molar-refractivity contribution in [3.05, 3.63) is 46.0 Å². The summed E-state index contributed by atoms with van der Waals surface area (Å²) in [5.74, 6) is 1.67. The molecule has 0 spiro atoms. The van der Waals surface area contributed by atoms with Gasteiger partial charge >= 0.3 is 0 Å². The summed E-state index contributed by atoms with van der Waals surface area (Å²) in [5, 5.41) is 0. The third-order valence-electron chi connectivity index (χ3n) is 4.46. The van der Waals surface area contributed by atoms with Crippen LogP contribution in [0.5, 0.6) is 11.5 Å². The Bertz CT molecular complexity index is 620. The second kappa shape index (κ2) is 6.47. The van der Waals surface area contributed by atoms with Gasteiger partial charge in [-0.15, -0.1) is 6.58 Å². The molecule has 22 heavy (non-hydrogen) atoms. The number of allylic oxidation sites excluding steroid dienone is 1. The Kier molecular flexibility index (Phi) is 4.59. The second-order valence-electron chi connectivity index (χ2n) is 6.08.